The number of benzene rings is 2. The number of aryl methyl sites for hydroxylation is 3. The summed E-state index contributed by atoms with van der Waals surface area (Å²) >= 11 is 6.37. The van der Waals surface area contributed by atoms with Crippen molar-refractivity contribution in [2.45, 2.75) is 27.2 Å². The molecule has 21 heavy (non-hydrogen) atoms. The SMILES string of the molecule is CCc1ccc2nc(-c3cc(C)cc(C)c3)nc(Cl)c2c1. The summed E-state index contributed by atoms with van der Waals surface area (Å²) < 4.78 is 0. The van der Waals surface area contributed by atoms with E-state index in [0.717, 1.165) is 22.9 Å². The van der Waals surface area contributed by atoms with E-state index in [0.29, 0.717) is 11.0 Å². The van der Waals surface area contributed by atoms with Gasteiger partial charge in [-0.15, -0.1) is 0 Å². The largest absolute Gasteiger partial charge is 0.228 e. The molecule has 2 nitrogen and oxygen atoms in total. The molecule has 0 bridgehead atoms. The minimum Gasteiger partial charge on any atom is -0.228 e. The van der Waals surface area contributed by atoms with Crippen molar-refractivity contribution in [3.8, 4) is 11.4 Å². The summed E-state index contributed by atoms with van der Waals surface area (Å²) in [5.74, 6) is 0.684. The third-order valence-electron chi connectivity index (χ3n) is 3.60. The van der Waals surface area contributed by atoms with Crippen LogP contribution in [0.5, 0.6) is 0 Å². The van der Waals surface area contributed by atoms with Crippen LogP contribution in [0.15, 0.2) is 36.4 Å². The maximum atomic E-state index is 6.37. The fraction of sp³-hybridized carbons (Fsp3) is 0.222. The Balaban J connectivity index is 2.20. The molecule has 2 aromatic carbocycles. The van der Waals surface area contributed by atoms with Crippen LogP contribution in [-0.2, 0) is 6.42 Å². The summed E-state index contributed by atoms with van der Waals surface area (Å²) in [5, 5.41) is 1.44. The van der Waals surface area contributed by atoms with E-state index in [9.17, 15) is 0 Å². The molecule has 0 unspecified atom stereocenters. The molecular formula is C18H17ClN2. The molecule has 0 aliphatic rings. The van der Waals surface area contributed by atoms with Crippen LogP contribution >= 0.6 is 11.6 Å². The molecule has 0 N–H and O–H groups in total. The van der Waals surface area contributed by atoms with E-state index in [1.165, 1.54) is 16.7 Å². The van der Waals surface area contributed by atoms with Crippen LogP contribution in [0.25, 0.3) is 22.3 Å². The van der Waals surface area contributed by atoms with Gasteiger partial charge in [-0.1, -0.05) is 41.8 Å². The highest BCUT2D eigenvalue weighted by Crippen LogP contribution is 2.26. The van der Waals surface area contributed by atoms with Crippen LogP contribution in [0.3, 0.4) is 0 Å². The second-order valence-electron chi connectivity index (χ2n) is 5.42. The highest BCUT2D eigenvalue weighted by Gasteiger charge is 2.09. The minimum absolute atomic E-state index is 0.518. The van der Waals surface area contributed by atoms with Gasteiger partial charge < -0.3 is 0 Å². The Morgan fingerprint density at radius 1 is 0.952 bits per heavy atom. The fourth-order valence-corrected chi connectivity index (χ4v) is 2.82. The summed E-state index contributed by atoms with van der Waals surface area (Å²) in [6, 6.07) is 12.5. The summed E-state index contributed by atoms with van der Waals surface area (Å²) in [4.78, 5) is 9.15. The van der Waals surface area contributed by atoms with Gasteiger partial charge in [0, 0.05) is 10.9 Å². The van der Waals surface area contributed by atoms with Crippen molar-refractivity contribution in [2.75, 3.05) is 0 Å². The van der Waals surface area contributed by atoms with Gasteiger partial charge >= 0.3 is 0 Å². The molecule has 0 saturated carbocycles. The van der Waals surface area contributed by atoms with E-state index in [2.05, 4.69) is 61.1 Å². The van der Waals surface area contributed by atoms with Crippen LogP contribution in [0, 0.1) is 13.8 Å². The van der Waals surface area contributed by atoms with E-state index in [4.69, 9.17) is 11.6 Å². The minimum atomic E-state index is 0.518. The fourth-order valence-electron chi connectivity index (χ4n) is 2.59. The molecule has 0 saturated heterocycles. The molecule has 0 amide bonds. The Kier molecular flexibility index (Phi) is 3.64. The highest BCUT2D eigenvalue weighted by molar-refractivity contribution is 6.34. The molecule has 0 spiro atoms. The molecule has 0 aliphatic heterocycles. The first-order chi connectivity index (χ1) is 10.1. The predicted octanol–water partition coefficient (Wildman–Crippen LogP) is 5.13. The lowest BCUT2D eigenvalue weighted by Crippen LogP contribution is -1.94. The number of hydrogen-bond donors (Lipinski definition) is 0. The van der Waals surface area contributed by atoms with E-state index < -0.39 is 0 Å². The zero-order valence-electron chi connectivity index (χ0n) is 12.4. The normalized spacial score (nSPS) is 11.0. The van der Waals surface area contributed by atoms with Gasteiger partial charge in [-0.2, -0.15) is 0 Å². The summed E-state index contributed by atoms with van der Waals surface area (Å²) in [6.07, 6.45) is 0.977. The Morgan fingerprint density at radius 2 is 1.67 bits per heavy atom. The number of aromatic nitrogens is 2. The van der Waals surface area contributed by atoms with Crippen LogP contribution in [-0.4, -0.2) is 9.97 Å². The number of halogens is 1. The summed E-state index contributed by atoms with van der Waals surface area (Å²) in [6.45, 7) is 6.28. The molecule has 0 fully saturated rings. The lowest BCUT2D eigenvalue weighted by molar-refractivity contribution is 1.14. The number of nitrogens with zero attached hydrogens (tertiary/aromatic N) is 2. The molecule has 1 heterocycles. The van der Waals surface area contributed by atoms with Gasteiger partial charge in [0.05, 0.1) is 5.52 Å². The number of rotatable bonds is 2. The van der Waals surface area contributed by atoms with Crippen molar-refractivity contribution in [1.29, 1.82) is 0 Å². The van der Waals surface area contributed by atoms with Crippen LogP contribution < -0.4 is 0 Å². The monoisotopic (exact) mass is 296 g/mol. The van der Waals surface area contributed by atoms with Crippen molar-refractivity contribution < 1.29 is 0 Å². The van der Waals surface area contributed by atoms with Crippen LogP contribution in [0.4, 0.5) is 0 Å². The Morgan fingerprint density at radius 3 is 2.33 bits per heavy atom. The van der Waals surface area contributed by atoms with E-state index in [1.54, 1.807) is 0 Å². The second-order valence-corrected chi connectivity index (χ2v) is 5.78. The maximum absolute atomic E-state index is 6.37. The van der Waals surface area contributed by atoms with Gasteiger partial charge in [-0.05, 0) is 50.1 Å². The Hall–Kier alpha value is -1.93. The van der Waals surface area contributed by atoms with Crippen molar-refractivity contribution in [1.82, 2.24) is 9.97 Å². The molecule has 0 atom stereocenters. The lowest BCUT2D eigenvalue weighted by Gasteiger charge is -2.08. The average molecular weight is 297 g/mol. The zero-order chi connectivity index (χ0) is 15.0. The Labute approximate surface area is 129 Å². The topological polar surface area (TPSA) is 25.8 Å². The predicted molar refractivity (Wildman–Crippen MR) is 88.8 cm³/mol. The molecule has 3 heteroatoms. The van der Waals surface area contributed by atoms with Crippen molar-refractivity contribution in [2.24, 2.45) is 0 Å². The second kappa shape index (κ2) is 5.45. The van der Waals surface area contributed by atoms with Gasteiger partial charge in [0.1, 0.15) is 5.15 Å². The standard InChI is InChI=1S/C18H17ClN2/c1-4-13-5-6-16-15(10-13)17(19)21-18(20-16)14-8-11(2)7-12(3)9-14/h5-10H,4H2,1-3H3. The number of fused-ring (bicyclic) bond motifs is 1. The van der Waals surface area contributed by atoms with Gasteiger partial charge in [-0.3, -0.25) is 0 Å². The molecule has 1 aromatic heterocycles. The lowest BCUT2D eigenvalue weighted by atomic mass is 10.1. The summed E-state index contributed by atoms with van der Waals surface area (Å²) in [5.41, 5.74) is 5.54. The van der Waals surface area contributed by atoms with Crippen LogP contribution in [0.1, 0.15) is 23.6 Å². The average Bonchev–Trinajstić information content (AvgIpc) is 2.46. The van der Waals surface area contributed by atoms with E-state index in [1.807, 2.05) is 6.07 Å². The Bertz CT molecular complexity index is 805. The van der Waals surface area contributed by atoms with Gasteiger partial charge in [-0.25, -0.2) is 9.97 Å². The third kappa shape index (κ3) is 2.77. The van der Waals surface area contributed by atoms with Gasteiger partial charge in [0.2, 0.25) is 0 Å². The van der Waals surface area contributed by atoms with E-state index in [-0.39, 0.29) is 0 Å². The molecule has 3 rings (SSSR count). The molecule has 0 radical (unpaired) electrons. The first-order valence-corrected chi connectivity index (χ1v) is 7.49. The molecule has 0 aliphatic carbocycles. The molecular weight excluding hydrogens is 280 g/mol. The zero-order valence-corrected chi connectivity index (χ0v) is 13.2. The highest BCUT2D eigenvalue weighted by atomic mass is 35.5. The van der Waals surface area contributed by atoms with Gasteiger partial charge in [0.25, 0.3) is 0 Å². The van der Waals surface area contributed by atoms with Crippen molar-refractivity contribution in [3.63, 3.8) is 0 Å². The summed E-state index contributed by atoms with van der Waals surface area (Å²) in [7, 11) is 0. The van der Waals surface area contributed by atoms with E-state index >= 15 is 0 Å². The van der Waals surface area contributed by atoms with Crippen molar-refractivity contribution >= 4 is 22.5 Å². The first kappa shape index (κ1) is 14.0. The number of hydrogen-bond acceptors (Lipinski definition) is 2. The van der Waals surface area contributed by atoms with Crippen molar-refractivity contribution in [3.05, 3.63) is 58.2 Å². The van der Waals surface area contributed by atoms with Crippen LogP contribution in [0.2, 0.25) is 5.15 Å². The van der Waals surface area contributed by atoms with Gasteiger partial charge in [0.15, 0.2) is 5.82 Å². The smallest absolute Gasteiger partial charge is 0.161 e. The maximum Gasteiger partial charge on any atom is 0.161 e. The first-order valence-electron chi connectivity index (χ1n) is 7.11. The quantitative estimate of drug-likeness (QED) is 0.613. The molecule has 3 aromatic rings. The molecule has 106 valence electrons. The third-order valence-corrected chi connectivity index (χ3v) is 3.89.